The van der Waals surface area contributed by atoms with Gasteiger partial charge in [-0.3, -0.25) is 14.5 Å². The highest BCUT2D eigenvalue weighted by Crippen LogP contribution is 2.13. The highest BCUT2D eigenvalue weighted by Gasteiger charge is 2.25. The average Bonchev–Trinajstić information content (AvgIpc) is 3.15. The maximum atomic E-state index is 13.5. The van der Waals surface area contributed by atoms with Gasteiger partial charge in [0.15, 0.2) is 0 Å². The summed E-state index contributed by atoms with van der Waals surface area (Å²) in [6.07, 6.45) is 47.3. The van der Waals surface area contributed by atoms with Gasteiger partial charge in [-0.25, -0.2) is 4.79 Å². The van der Waals surface area contributed by atoms with Crippen molar-refractivity contribution in [2.75, 3.05) is 46.8 Å². The Hall–Kier alpha value is -2.67. The number of rotatable bonds is 37. The van der Waals surface area contributed by atoms with E-state index in [4.69, 9.17) is 0 Å². The molecule has 0 aromatic carbocycles. The normalized spacial score (nSPS) is 12.0. The van der Waals surface area contributed by atoms with Crippen LogP contribution in [0.15, 0.2) is 48.6 Å². The Bertz CT molecular complexity index is 955. The summed E-state index contributed by atoms with van der Waals surface area (Å²) in [5, 5.41) is 2.75. The quantitative estimate of drug-likeness (QED) is 0.0389. The molecular weight excluding hydrogens is 669 g/mol. The summed E-state index contributed by atoms with van der Waals surface area (Å²) in [5.41, 5.74) is 0. The van der Waals surface area contributed by atoms with E-state index in [9.17, 15) is 14.4 Å². The Morgan fingerprint density at radius 3 is 1.26 bits per heavy atom. The zero-order chi connectivity index (χ0) is 39.7. The first kappa shape index (κ1) is 51.3. The van der Waals surface area contributed by atoms with Gasteiger partial charge in [-0.15, -0.1) is 0 Å². The molecule has 0 aromatic rings. The lowest BCUT2D eigenvalue weighted by molar-refractivity contribution is -0.139. The number of hydrogen-bond donors (Lipinski definition) is 1. The second-order valence-electron chi connectivity index (χ2n) is 15.3. The van der Waals surface area contributed by atoms with Gasteiger partial charge in [0, 0.05) is 26.2 Å². The maximum absolute atomic E-state index is 13.5. The summed E-state index contributed by atoms with van der Waals surface area (Å²) >= 11 is 0. The number of unbranched alkanes of at least 4 members (excludes halogenated alkanes) is 18. The molecule has 7 nitrogen and oxygen atoms in total. The number of imide groups is 1. The van der Waals surface area contributed by atoms with Crippen molar-refractivity contribution >= 4 is 17.8 Å². The summed E-state index contributed by atoms with van der Waals surface area (Å²) < 4.78 is 0. The summed E-state index contributed by atoms with van der Waals surface area (Å²) in [6.45, 7) is 9.22. The molecule has 0 spiro atoms. The van der Waals surface area contributed by atoms with E-state index >= 15 is 0 Å². The fraction of sp³-hybridized carbons (Fsp3) is 0.766. The second-order valence-corrected chi connectivity index (χ2v) is 15.3. The minimum Gasteiger partial charge on any atom is -0.342 e. The predicted molar refractivity (Wildman–Crippen MR) is 234 cm³/mol. The molecule has 0 fully saturated rings. The van der Waals surface area contributed by atoms with Gasteiger partial charge >= 0.3 is 6.03 Å². The van der Waals surface area contributed by atoms with Crippen LogP contribution >= 0.6 is 0 Å². The zero-order valence-electron chi connectivity index (χ0n) is 36.1. The first-order chi connectivity index (χ1) is 26.4. The largest absolute Gasteiger partial charge is 0.342 e. The average molecular weight is 755 g/mol. The molecule has 0 bridgehead atoms. The van der Waals surface area contributed by atoms with Crippen LogP contribution in [0.2, 0.25) is 0 Å². The van der Waals surface area contributed by atoms with E-state index in [0.29, 0.717) is 32.6 Å². The second kappa shape index (κ2) is 40.0. The lowest BCUT2D eigenvalue weighted by atomic mass is 10.1. The number of carbonyl (C=O) groups excluding carboxylic acids is 3. The van der Waals surface area contributed by atoms with Crippen LogP contribution in [0.25, 0.3) is 0 Å². The molecule has 0 radical (unpaired) electrons. The molecule has 312 valence electrons. The zero-order valence-corrected chi connectivity index (χ0v) is 36.1. The summed E-state index contributed by atoms with van der Waals surface area (Å²) in [7, 11) is 3.95. The van der Waals surface area contributed by atoms with Gasteiger partial charge in [0.2, 0.25) is 11.8 Å². The van der Waals surface area contributed by atoms with Gasteiger partial charge in [0.25, 0.3) is 0 Å². The molecule has 0 aliphatic heterocycles. The number of hydrogen-bond acceptors (Lipinski definition) is 4. The fourth-order valence-corrected chi connectivity index (χ4v) is 6.41. The van der Waals surface area contributed by atoms with Crippen LogP contribution in [0.3, 0.4) is 0 Å². The van der Waals surface area contributed by atoms with Gasteiger partial charge < -0.3 is 15.1 Å². The molecule has 0 atom stereocenters. The first-order valence-electron chi connectivity index (χ1n) is 22.5. The number of nitrogens with one attached hydrogen (secondary N) is 1. The topological polar surface area (TPSA) is 73.0 Å². The number of allylic oxidation sites excluding steroid dienone is 8. The van der Waals surface area contributed by atoms with Crippen LogP contribution in [0.5, 0.6) is 0 Å². The molecule has 0 aliphatic rings. The van der Waals surface area contributed by atoms with E-state index in [0.717, 1.165) is 57.9 Å². The van der Waals surface area contributed by atoms with Crippen molar-refractivity contribution in [2.45, 2.75) is 188 Å². The van der Waals surface area contributed by atoms with Crippen molar-refractivity contribution in [3.05, 3.63) is 48.6 Å². The lowest BCUT2D eigenvalue weighted by Crippen LogP contribution is -2.46. The molecule has 0 heterocycles. The van der Waals surface area contributed by atoms with E-state index in [-0.39, 0.29) is 12.3 Å². The number of nitrogens with zero attached hydrogens (tertiary/aromatic N) is 3. The summed E-state index contributed by atoms with van der Waals surface area (Å²) in [5.74, 6) is -0.545. The highest BCUT2D eigenvalue weighted by molar-refractivity contribution is 6.03. The Balaban J connectivity index is 4.69. The van der Waals surface area contributed by atoms with Gasteiger partial charge in [-0.2, -0.15) is 0 Å². The van der Waals surface area contributed by atoms with Gasteiger partial charge in [0.1, 0.15) is 6.42 Å². The van der Waals surface area contributed by atoms with Crippen molar-refractivity contribution in [2.24, 2.45) is 0 Å². The highest BCUT2D eigenvalue weighted by atomic mass is 16.2. The number of carbonyl (C=O) groups is 3. The Kier molecular flexibility index (Phi) is 38.0. The van der Waals surface area contributed by atoms with E-state index in [1.165, 1.54) is 108 Å². The Morgan fingerprint density at radius 1 is 0.444 bits per heavy atom. The smallest absolute Gasteiger partial charge is 0.324 e. The molecule has 0 saturated carbocycles. The minimum atomic E-state index is -0.407. The van der Waals surface area contributed by atoms with Crippen LogP contribution < -0.4 is 5.32 Å². The maximum Gasteiger partial charge on any atom is 0.324 e. The lowest BCUT2D eigenvalue weighted by Gasteiger charge is -2.25. The molecule has 0 aliphatic carbocycles. The van der Waals surface area contributed by atoms with Gasteiger partial charge in [0.05, 0.1) is 0 Å². The summed E-state index contributed by atoms with van der Waals surface area (Å²) in [6, 6.07) is -0.407. The fourth-order valence-electron chi connectivity index (χ4n) is 6.41. The van der Waals surface area contributed by atoms with Crippen molar-refractivity contribution in [3.8, 4) is 0 Å². The van der Waals surface area contributed by atoms with Crippen molar-refractivity contribution in [1.82, 2.24) is 20.0 Å². The monoisotopic (exact) mass is 755 g/mol. The Labute approximate surface area is 334 Å². The molecule has 0 saturated heterocycles. The first-order valence-corrected chi connectivity index (χ1v) is 22.5. The number of urea groups is 1. The molecule has 0 unspecified atom stereocenters. The van der Waals surface area contributed by atoms with E-state index < -0.39 is 11.9 Å². The molecule has 4 amide bonds. The van der Waals surface area contributed by atoms with Crippen LogP contribution in [0.1, 0.15) is 188 Å². The van der Waals surface area contributed by atoms with Crippen LogP contribution in [-0.4, -0.2) is 79.4 Å². The molecule has 0 aromatic heterocycles. The molecule has 1 N–H and O–H groups in total. The van der Waals surface area contributed by atoms with E-state index in [2.05, 4.69) is 67.8 Å². The molecule has 54 heavy (non-hydrogen) atoms. The standard InChI is InChI=1S/C47H86N4O3/c1-6-9-11-13-15-17-19-21-23-25-27-29-31-33-35-37-41-50(45(52)44-46(53)51(47(54)48-8-3)43-39-40-49(4)5)42-38-36-34-32-30-28-26-24-22-20-18-16-14-12-10-7-2/h15-18,21-24H,6-14,19-20,25-44H2,1-5H3,(H,48,54)/b17-15-,18-16-,23-21-,24-22-. The molecule has 7 heteroatoms. The van der Waals surface area contributed by atoms with Crippen molar-refractivity contribution < 1.29 is 14.4 Å². The third kappa shape index (κ3) is 33.9. The SMILES string of the molecule is CCCCC/C=C\C/C=C\CCCCCCCCN(CCCCCCCC/C=C\C/C=C\CCCCC)C(=O)CC(=O)N(CCCN(C)C)C(=O)NCC. The van der Waals surface area contributed by atoms with Crippen molar-refractivity contribution in [1.29, 1.82) is 0 Å². The van der Waals surface area contributed by atoms with Crippen molar-refractivity contribution in [3.63, 3.8) is 0 Å². The van der Waals surface area contributed by atoms with Crippen LogP contribution in [0, 0.1) is 0 Å². The van der Waals surface area contributed by atoms with E-state index in [1.807, 2.05) is 30.8 Å². The van der Waals surface area contributed by atoms with Crippen LogP contribution in [0.4, 0.5) is 4.79 Å². The molecular formula is C47H86N4O3. The third-order valence-corrected chi connectivity index (χ3v) is 9.77. The minimum absolute atomic E-state index is 0.146. The van der Waals surface area contributed by atoms with Crippen LogP contribution in [-0.2, 0) is 9.59 Å². The third-order valence-electron chi connectivity index (χ3n) is 9.77. The predicted octanol–water partition coefficient (Wildman–Crippen LogP) is 12.3. The van der Waals surface area contributed by atoms with E-state index in [1.54, 1.807) is 0 Å². The van der Waals surface area contributed by atoms with Gasteiger partial charge in [-0.05, 0) is 111 Å². The molecule has 0 rings (SSSR count). The Morgan fingerprint density at radius 2 is 0.852 bits per heavy atom. The number of amides is 4. The summed E-state index contributed by atoms with van der Waals surface area (Å²) in [4.78, 5) is 44.7. The van der Waals surface area contributed by atoms with Gasteiger partial charge in [-0.1, -0.05) is 140 Å².